The van der Waals surface area contributed by atoms with E-state index >= 15 is 0 Å². The first-order valence-corrected chi connectivity index (χ1v) is 7.26. The molecule has 18 heavy (non-hydrogen) atoms. The fourth-order valence-corrected chi connectivity index (χ4v) is 3.14. The number of benzene rings is 1. The lowest BCUT2D eigenvalue weighted by Crippen LogP contribution is -2.49. The number of amides is 1. The van der Waals surface area contributed by atoms with E-state index in [9.17, 15) is 4.79 Å². The van der Waals surface area contributed by atoms with Crippen LogP contribution in [0.4, 0.5) is 0 Å². The Labute approximate surface area is 120 Å². The molecule has 2 atom stereocenters. The van der Waals surface area contributed by atoms with Crippen LogP contribution in [0.3, 0.4) is 0 Å². The molecule has 0 spiro atoms. The first kappa shape index (κ1) is 13.8. The van der Waals surface area contributed by atoms with Gasteiger partial charge in [-0.1, -0.05) is 40.4 Å². The van der Waals surface area contributed by atoms with Gasteiger partial charge in [-0.05, 0) is 31.0 Å². The van der Waals surface area contributed by atoms with Crippen LogP contribution in [0, 0.1) is 0 Å². The van der Waals surface area contributed by atoms with Gasteiger partial charge in [0.1, 0.15) is 0 Å². The zero-order chi connectivity index (χ0) is 13.1. The molecule has 98 valence electrons. The summed E-state index contributed by atoms with van der Waals surface area (Å²) >= 11 is 9.26. The van der Waals surface area contributed by atoms with Crippen molar-refractivity contribution in [2.45, 2.75) is 37.8 Å². The molecule has 0 aromatic heterocycles. The van der Waals surface area contributed by atoms with Gasteiger partial charge < -0.3 is 11.1 Å². The van der Waals surface area contributed by atoms with Crippen LogP contribution < -0.4 is 11.1 Å². The van der Waals surface area contributed by atoms with Crippen LogP contribution in [0.2, 0.25) is 5.02 Å². The predicted molar refractivity (Wildman–Crippen MR) is 76.8 cm³/mol. The van der Waals surface area contributed by atoms with E-state index in [0.717, 1.165) is 30.2 Å². The first-order valence-electron chi connectivity index (χ1n) is 6.09. The molecule has 3 nitrogen and oxygen atoms in total. The first-order chi connectivity index (χ1) is 8.56. The minimum Gasteiger partial charge on any atom is -0.348 e. The van der Waals surface area contributed by atoms with Crippen LogP contribution >= 0.6 is 27.5 Å². The number of carbonyl (C=O) groups is 1. The average molecular weight is 332 g/mol. The molecule has 5 heteroatoms. The van der Waals surface area contributed by atoms with Crippen molar-refractivity contribution in [2.75, 3.05) is 0 Å². The third kappa shape index (κ3) is 3.46. The van der Waals surface area contributed by atoms with Crippen molar-refractivity contribution in [1.82, 2.24) is 5.32 Å². The summed E-state index contributed by atoms with van der Waals surface area (Å²) in [5.41, 5.74) is 6.58. The molecule has 1 aromatic rings. The number of rotatable bonds is 2. The lowest BCUT2D eigenvalue weighted by Gasteiger charge is -2.29. The lowest BCUT2D eigenvalue weighted by molar-refractivity contribution is 0.0921. The molecule has 0 radical (unpaired) electrons. The van der Waals surface area contributed by atoms with E-state index in [0.29, 0.717) is 10.6 Å². The predicted octanol–water partition coefficient (Wildman–Crippen LogP) is 3.10. The van der Waals surface area contributed by atoms with E-state index in [1.807, 2.05) is 0 Å². The number of nitrogens with one attached hydrogen (secondary N) is 1. The Hall–Kier alpha value is -0.580. The number of halogens is 2. The van der Waals surface area contributed by atoms with Gasteiger partial charge in [0, 0.05) is 27.1 Å². The quantitative estimate of drug-likeness (QED) is 0.875. The molecule has 0 heterocycles. The molecule has 1 fully saturated rings. The van der Waals surface area contributed by atoms with E-state index in [4.69, 9.17) is 17.3 Å². The molecule has 1 aliphatic carbocycles. The van der Waals surface area contributed by atoms with Crippen molar-refractivity contribution in [3.8, 4) is 0 Å². The van der Waals surface area contributed by atoms with Gasteiger partial charge in [0.15, 0.2) is 0 Å². The zero-order valence-corrected chi connectivity index (χ0v) is 12.3. The Balaban J connectivity index is 2.06. The fraction of sp³-hybridized carbons (Fsp3) is 0.462. The summed E-state index contributed by atoms with van der Waals surface area (Å²) in [5, 5.41) is 3.54. The summed E-state index contributed by atoms with van der Waals surface area (Å²) in [6.45, 7) is 0. The minimum atomic E-state index is -0.111. The molecular formula is C13H16BrClN2O. The second-order valence-corrected chi connectivity index (χ2v) is 6.04. The van der Waals surface area contributed by atoms with Crippen molar-refractivity contribution >= 4 is 33.4 Å². The van der Waals surface area contributed by atoms with Gasteiger partial charge in [-0.15, -0.1) is 0 Å². The molecule has 1 aliphatic rings. The van der Waals surface area contributed by atoms with Crippen molar-refractivity contribution < 1.29 is 4.79 Å². The van der Waals surface area contributed by atoms with E-state index < -0.39 is 0 Å². The number of hydrogen-bond donors (Lipinski definition) is 2. The van der Waals surface area contributed by atoms with Gasteiger partial charge in [-0.25, -0.2) is 0 Å². The van der Waals surface area contributed by atoms with Gasteiger partial charge in [-0.3, -0.25) is 4.79 Å². The summed E-state index contributed by atoms with van der Waals surface area (Å²) in [6, 6.07) is 5.31. The maximum absolute atomic E-state index is 12.1. The van der Waals surface area contributed by atoms with Gasteiger partial charge in [0.2, 0.25) is 0 Å². The largest absolute Gasteiger partial charge is 0.348 e. The molecule has 0 aliphatic heterocycles. The van der Waals surface area contributed by atoms with Gasteiger partial charge in [0.05, 0.1) is 0 Å². The molecular weight excluding hydrogens is 316 g/mol. The van der Waals surface area contributed by atoms with Crippen LogP contribution in [-0.4, -0.2) is 18.0 Å². The highest BCUT2D eigenvalue weighted by Gasteiger charge is 2.23. The number of hydrogen-bond acceptors (Lipinski definition) is 2. The van der Waals surface area contributed by atoms with Gasteiger partial charge in [0.25, 0.3) is 5.91 Å². The second kappa shape index (κ2) is 6.04. The molecule has 0 saturated heterocycles. The number of carbonyl (C=O) groups excluding carboxylic acids is 1. The molecule has 1 amide bonds. The highest BCUT2D eigenvalue weighted by molar-refractivity contribution is 9.10. The Morgan fingerprint density at radius 1 is 1.33 bits per heavy atom. The third-order valence-electron chi connectivity index (χ3n) is 3.26. The second-order valence-electron chi connectivity index (χ2n) is 4.69. The standard InChI is InChI=1S/C13H16BrClN2O/c14-9-5-8(6-10(15)7-9)13(18)17-12-4-2-1-3-11(12)16/h5-7,11-12H,1-4,16H2,(H,17,18). The van der Waals surface area contributed by atoms with Crippen molar-refractivity contribution in [3.63, 3.8) is 0 Å². The highest BCUT2D eigenvalue weighted by atomic mass is 79.9. The summed E-state index contributed by atoms with van der Waals surface area (Å²) < 4.78 is 0.799. The Morgan fingerprint density at radius 2 is 2.06 bits per heavy atom. The molecule has 3 N–H and O–H groups in total. The van der Waals surface area contributed by atoms with E-state index in [1.54, 1.807) is 18.2 Å². The van der Waals surface area contributed by atoms with Gasteiger partial charge in [-0.2, -0.15) is 0 Å². The van der Waals surface area contributed by atoms with Crippen LogP contribution in [0.25, 0.3) is 0 Å². The molecule has 1 saturated carbocycles. The Bertz CT molecular complexity index is 432. The Kier molecular flexibility index (Phi) is 4.65. The Morgan fingerprint density at radius 3 is 2.72 bits per heavy atom. The maximum atomic E-state index is 12.1. The van der Waals surface area contributed by atoms with Crippen LogP contribution in [0.15, 0.2) is 22.7 Å². The lowest BCUT2D eigenvalue weighted by atomic mass is 9.91. The van der Waals surface area contributed by atoms with E-state index in [2.05, 4.69) is 21.2 Å². The molecule has 2 rings (SSSR count). The van der Waals surface area contributed by atoms with E-state index in [1.165, 1.54) is 0 Å². The molecule has 1 aromatic carbocycles. The zero-order valence-electron chi connectivity index (χ0n) is 9.96. The normalized spacial score (nSPS) is 23.7. The maximum Gasteiger partial charge on any atom is 0.251 e. The SMILES string of the molecule is NC1CCCCC1NC(=O)c1cc(Cl)cc(Br)c1. The van der Waals surface area contributed by atoms with E-state index in [-0.39, 0.29) is 18.0 Å². The topological polar surface area (TPSA) is 55.1 Å². The van der Waals surface area contributed by atoms with Crippen LogP contribution in [0.1, 0.15) is 36.0 Å². The summed E-state index contributed by atoms with van der Waals surface area (Å²) in [4.78, 5) is 12.1. The monoisotopic (exact) mass is 330 g/mol. The van der Waals surface area contributed by atoms with Crippen molar-refractivity contribution in [3.05, 3.63) is 33.3 Å². The smallest absolute Gasteiger partial charge is 0.251 e. The summed E-state index contributed by atoms with van der Waals surface area (Å²) in [5.74, 6) is -0.111. The summed E-state index contributed by atoms with van der Waals surface area (Å²) in [6.07, 6.45) is 4.20. The average Bonchev–Trinajstić information content (AvgIpc) is 2.31. The van der Waals surface area contributed by atoms with Crippen molar-refractivity contribution in [1.29, 1.82) is 0 Å². The summed E-state index contributed by atoms with van der Waals surface area (Å²) in [7, 11) is 0. The highest BCUT2D eigenvalue weighted by Crippen LogP contribution is 2.21. The fourth-order valence-electron chi connectivity index (χ4n) is 2.28. The third-order valence-corrected chi connectivity index (χ3v) is 3.94. The molecule has 2 unspecified atom stereocenters. The molecule has 0 bridgehead atoms. The minimum absolute atomic E-state index is 0.0605. The number of nitrogens with two attached hydrogens (primary N) is 1. The van der Waals surface area contributed by atoms with Crippen LogP contribution in [-0.2, 0) is 0 Å². The van der Waals surface area contributed by atoms with Crippen LogP contribution in [0.5, 0.6) is 0 Å². The van der Waals surface area contributed by atoms with Gasteiger partial charge >= 0.3 is 0 Å². The van der Waals surface area contributed by atoms with Crippen molar-refractivity contribution in [2.24, 2.45) is 5.73 Å².